The Balaban J connectivity index is 1.81. The number of hydrogen-bond donors (Lipinski definition) is 1. The van der Waals surface area contributed by atoms with Gasteiger partial charge in [-0.2, -0.15) is 0 Å². The van der Waals surface area contributed by atoms with Crippen LogP contribution in [0, 0.1) is 0 Å². The molecule has 0 radical (unpaired) electrons. The highest BCUT2D eigenvalue weighted by Gasteiger charge is 2.05. The lowest BCUT2D eigenvalue weighted by atomic mass is 10.3. The van der Waals surface area contributed by atoms with E-state index in [9.17, 15) is 0 Å². The molecule has 0 fully saturated rings. The van der Waals surface area contributed by atoms with Crippen LogP contribution >= 0.6 is 0 Å². The van der Waals surface area contributed by atoms with Crippen molar-refractivity contribution in [2.45, 2.75) is 13.0 Å². The number of nitrogens with zero attached hydrogens (tertiary/aromatic N) is 5. The number of rotatable bonds is 5. The zero-order valence-corrected chi connectivity index (χ0v) is 9.59. The van der Waals surface area contributed by atoms with E-state index in [0.717, 1.165) is 31.2 Å². The molecular formula is C10H16N6. The minimum Gasteiger partial charge on any atom is -0.349 e. The molecule has 0 spiro atoms. The number of aryl methyl sites for hydroxylation is 1. The largest absolute Gasteiger partial charge is 0.349 e. The average Bonchev–Trinajstić information content (AvgIpc) is 2.88. The summed E-state index contributed by atoms with van der Waals surface area (Å²) in [6.07, 6.45) is 6.26. The smallest absolute Gasteiger partial charge is 0.146 e. The molecule has 2 aromatic rings. The van der Waals surface area contributed by atoms with Gasteiger partial charge in [0.05, 0.1) is 6.54 Å². The molecule has 1 N–H and O–H groups in total. The Bertz CT molecular complexity index is 418. The number of H-pyrrole nitrogens is 1. The lowest BCUT2D eigenvalue weighted by molar-refractivity contribution is 0.316. The highest BCUT2D eigenvalue weighted by molar-refractivity contribution is 4.89. The second-order valence-electron chi connectivity index (χ2n) is 3.88. The normalized spacial score (nSPS) is 11.2. The third kappa shape index (κ3) is 2.66. The van der Waals surface area contributed by atoms with Gasteiger partial charge in [0.1, 0.15) is 18.0 Å². The first-order chi connectivity index (χ1) is 7.75. The Hall–Kier alpha value is -1.69. The van der Waals surface area contributed by atoms with E-state index < -0.39 is 0 Å². The van der Waals surface area contributed by atoms with Gasteiger partial charge in [0.25, 0.3) is 0 Å². The van der Waals surface area contributed by atoms with E-state index in [0.29, 0.717) is 0 Å². The molecule has 0 aliphatic heterocycles. The van der Waals surface area contributed by atoms with Crippen LogP contribution in [0.3, 0.4) is 0 Å². The van der Waals surface area contributed by atoms with E-state index in [-0.39, 0.29) is 0 Å². The maximum atomic E-state index is 4.19. The van der Waals surface area contributed by atoms with Gasteiger partial charge in [-0.15, -0.1) is 10.2 Å². The first-order valence-electron chi connectivity index (χ1n) is 5.25. The van der Waals surface area contributed by atoms with Crippen molar-refractivity contribution in [3.8, 4) is 0 Å². The average molecular weight is 220 g/mol. The molecule has 0 unspecified atom stereocenters. The lowest BCUT2D eigenvalue weighted by Crippen LogP contribution is -2.22. The predicted octanol–water partition coefficient (Wildman–Crippen LogP) is 0.213. The first kappa shape index (κ1) is 10.8. The minimum absolute atomic E-state index is 0.803. The summed E-state index contributed by atoms with van der Waals surface area (Å²) < 4.78 is 1.93. The summed E-state index contributed by atoms with van der Waals surface area (Å²) in [4.78, 5) is 9.48. The summed E-state index contributed by atoms with van der Waals surface area (Å²) in [5.74, 6) is 1.99. The SMILES string of the molecule is CN(CCc1ncc[nH]1)Cc1nncn1C. The molecule has 6 nitrogen and oxygen atoms in total. The number of nitrogens with one attached hydrogen (secondary N) is 1. The third-order valence-corrected chi connectivity index (χ3v) is 2.50. The van der Waals surface area contributed by atoms with Gasteiger partial charge < -0.3 is 9.55 Å². The number of aromatic nitrogens is 5. The van der Waals surface area contributed by atoms with Crippen LogP contribution in [0.15, 0.2) is 18.7 Å². The van der Waals surface area contributed by atoms with Gasteiger partial charge in [-0.05, 0) is 7.05 Å². The fourth-order valence-electron chi connectivity index (χ4n) is 1.50. The van der Waals surface area contributed by atoms with Gasteiger partial charge in [0.2, 0.25) is 0 Å². The van der Waals surface area contributed by atoms with E-state index in [1.54, 1.807) is 12.5 Å². The standard InChI is InChI=1S/C10H16N6/c1-15(6-3-9-11-4-5-12-9)7-10-14-13-8-16(10)2/h4-5,8H,3,6-7H2,1-2H3,(H,11,12). The summed E-state index contributed by atoms with van der Waals surface area (Å²) in [6.45, 7) is 1.75. The van der Waals surface area contributed by atoms with Gasteiger partial charge in [-0.3, -0.25) is 4.90 Å². The van der Waals surface area contributed by atoms with Gasteiger partial charge in [-0.25, -0.2) is 4.98 Å². The van der Waals surface area contributed by atoms with Crippen molar-refractivity contribution in [1.29, 1.82) is 0 Å². The Morgan fingerprint density at radius 2 is 2.38 bits per heavy atom. The maximum absolute atomic E-state index is 4.19. The van der Waals surface area contributed by atoms with Gasteiger partial charge in [-0.1, -0.05) is 0 Å². The number of hydrogen-bond acceptors (Lipinski definition) is 4. The predicted molar refractivity (Wildman–Crippen MR) is 59.6 cm³/mol. The minimum atomic E-state index is 0.803. The highest BCUT2D eigenvalue weighted by Crippen LogP contribution is 1.99. The van der Waals surface area contributed by atoms with Crippen LogP contribution in [0.5, 0.6) is 0 Å². The highest BCUT2D eigenvalue weighted by atomic mass is 15.3. The molecule has 2 heterocycles. The molecule has 0 amide bonds. The van der Waals surface area contributed by atoms with E-state index >= 15 is 0 Å². The second-order valence-corrected chi connectivity index (χ2v) is 3.88. The molecule has 0 bridgehead atoms. The van der Waals surface area contributed by atoms with E-state index in [1.807, 2.05) is 17.8 Å². The monoisotopic (exact) mass is 220 g/mol. The molecule has 0 aromatic carbocycles. The van der Waals surface area contributed by atoms with E-state index in [4.69, 9.17) is 0 Å². The molecular weight excluding hydrogens is 204 g/mol. The van der Waals surface area contributed by atoms with Crippen LogP contribution in [0.25, 0.3) is 0 Å². The first-order valence-corrected chi connectivity index (χ1v) is 5.25. The molecule has 16 heavy (non-hydrogen) atoms. The van der Waals surface area contributed by atoms with Crippen molar-refractivity contribution in [2.75, 3.05) is 13.6 Å². The molecule has 0 saturated carbocycles. The fraction of sp³-hybridized carbons (Fsp3) is 0.500. The number of imidazole rings is 1. The van der Waals surface area contributed by atoms with Crippen LogP contribution in [0.1, 0.15) is 11.6 Å². The molecule has 2 aromatic heterocycles. The fourth-order valence-corrected chi connectivity index (χ4v) is 1.50. The molecule has 0 aliphatic carbocycles. The maximum Gasteiger partial charge on any atom is 0.146 e. The Labute approximate surface area is 94.3 Å². The summed E-state index contributed by atoms with van der Waals surface area (Å²) >= 11 is 0. The quantitative estimate of drug-likeness (QED) is 0.782. The van der Waals surface area contributed by atoms with E-state index in [1.165, 1.54) is 0 Å². The topological polar surface area (TPSA) is 62.6 Å². The van der Waals surface area contributed by atoms with Crippen molar-refractivity contribution in [3.63, 3.8) is 0 Å². The van der Waals surface area contributed by atoms with Crippen molar-refractivity contribution in [2.24, 2.45) is 7.05 Å². The Morgan fingerprint density at radius 1 is 1.50 bits per heavy atom. The second kappa shape index (κ2) is 4.89. The Morgan fingerprint density at radius 3 is 3.00 bits per heavy atom. The van der Waals surface area contributed by atoms with Gasteiger partial charge in [0.15, 0.2) is 0 Å². The number of aromatic amines is 1. The summed E-state index contributed by atoms with van der Waals surface area (Å²) in [6, 6.07) is 0. The van der Waals surface area contributed by atoms with Crippen LogP contribution in [0.2, 0.25) is 0 Å². The molecule has 2 rings (SSSR count). The van der Waals surface area contributed by atoms with Crippen LogP contribution < -0.4 is 0 Å². The molecule has 6 heteroatoms. The zero-order valence-electron chi connectivity index (χ0n) is 9.59. The Kier molecular flexibility index (Phi) is 3.31. The summed E-state index contributed by atoms with van der Waals surface area (Å²) in [7, 11) is 4.02. The summed E-state index contributed by atoms with van der Waals surface area (Å²) in [5.41, 5.74) is 0. The van der Waals surface area contributed by atoms with Gasteiger partial charge in [0, 0.05) is 32.4 Å². The van der Waals surface area contributed by atoms with Crippen molar-refractivity contribution < 1.29 is 0 Å². The van der Waals surface area contributed by atoms with Crippen LogP contribution in [0.4, 0.5) is 0 Å². The van der Waals surface area contributed by atoms with Crippen molar-refractivity contribution in [1.82, 2.24) is 29.6 Å². The van der Waals surface area contributed by atoms with Crippen LogP contribution in [-0.2, 0) is 20.0 Å². The molecule has 86 valence electrons. The molecule has 0 aliphatic rings. The summed E-state index contributed by atoms with van der Waals surface area (Å²) in [5, 5.41) is 7.90. The van der Waals surface area contributed by atoms with Gasteiger partial charge >= 0.3 is 0 Å². The lowest BCUT2D eigenvalue weighted by Gasteiger charge is -2.14. The van der Waals surface area contributed by atoms with Crippen molar-refractivity contribution >= 4 is 0 Å². The molecule has 0 saturated heterocycles. The third-order valence-electron chi connectivity index (χ3n) is 2.50. The van der Waals surface area contributed by atoms with E-state index in [2.05, 4.69) is 32.1 Å². The van der Waals surface area contributed by atoms with Crippen molar-refractivity contribution in [3.05, 3.63) is 30.4 Å². The zero-order chi connectivity index (χ0) is 11.4. The number of likely N-dealkylation sites (N-methyl/N-ethyl adjacent to an activating group) is 1. The van der Waals surface area contributed by atoms with Crippen LogP contribution in [-0.4, -0.2) is 43.2 Å². The molecule has 0 atom stereocenters.